The van der Waals surface area contributed by atoms with Crippen LogP contribution >= 0.6 is 11.3 Å². The van der Waals surface area contributed by atoms with E-state index in [2.05, 4.69) is 10.3 Å². The first-order chi connectivity index (χ1) is 12.7. The van der Waals surface area contributed by atoms with Crippen LogP contribution < -0.4 is 14.8 Å². The van der Waals surface area contributed by atoms with Crippen molar-refractivity contribution in [3.63, 3.8) is 0 Å². The third-order valence-corrected chi connectivity index (χ3v) is 5.68. The smallest absolute Gasteiger partial charge is 0.226 e. The van der Waals surface area contributed by atoms with E-state index in [1.807, 2.05) is 23.6 Å². The number of methoxy groups -OCH3 is 2. The van der Waals surface area contributed by atoms with Crippen LogP contribution in [0.15, 0.2) is 23.6 Å². The number of benzene rings is 1. The highest BCUT2D eigenvalue weighted by atomic mass is 32.1. The lowest BCUT2D eigenvalue weighted by Crippen LogP contribution is -2.35. The van der Waals surface area contributed by atoms with E-state index >= 15 is 0 Å². The minimum atomic E-state index is 0.0704. The first-order valence-electron chi connectivity index (χ1n) is 9.15. The molecule has 3 rings (SSSR count). The SMILES string of the molecule is COc1ccc(-c2nc(CC(=O)NC3CCCCCC3)cs2)cc1OC. The van der Waals surface area contributed by atoms with E-state index < -0.39 is 0 Å². The summed E-state index contributed by atoms with van der Waals surface area (Å²) >= 11 is 1.54. The molecule has 1 aromatic carbocycles. The summed E-state index contributed by atoms with van der Waals surface area (Å²) in [6.45, 7) is 0. The van der Waals surface area contributed by atoms with Gasteiger partial charge in [-0.3, -0.25) is 4.79 Å². The monoisotopic (exact) mass is 374 g/mol. The van der Waals surface area contributed by atoms with Gasteiger partial charge in [0, 0.05) is 17.0 Å². The molecule has 140 valence electrons. The molecule has 0 atom stereocenters. The lowest BCUT2D eigenvalue weighted by molar-refractivity contribution is -0.121. The number of carbonyl (C=O) groups is 1. The third-order valence-electron chi connectivity index (χ3n) is 4.74. The highest BCUT2D eigenvalue weighted by Crippen LogP contribution is 2.33. The van der Waals surface area contributed by atoms with E-state index in [1.165, 1.54) is 37.0 Å². The Morgan fingerprint density at radius 3 is 2.58 bits per heavy atom. The Balaban J connectivity index is 1.63. The number of hydrogen-bond acceptors (Lipinski definition) is 5. The van der Waals surface area contributed by atoms with Gasteiger partial charge in [-0.15, -0.1) is 11.3 Å². The third kappa shape index (κ3) is 4.75. The molecule has 6 heteroatoms. The standard InChI is InChI=1S/C20H26N2O3S/c1-24-17-10-9-14(11-18(17)25-2)20-22-16(13-26-20)12-19(23)21-15-7-5-3-4-6-8-15/h9-11,13,15H,3-8,12H2,1-2H3,(H,21,23). The summed E-state index contributed by atoms with van der Waals surface area (Å²) in [5.41, 5.74) is 1.77. The molecule has 0 bridgehead atoms. The van der Waals surface area contributed by atoms with Gasteiger partial charge in [0.2, 0.25) is 5.91 Å². The summed E-state index contributed by atoms with van der Waals surface area (Å²) in [5, 5.41) is 6.01. The molecule has 1 aromatic heterocycles. The molecule has 1 amide bonds. The number of rotatable bonds is 6. The van der Waals surface area contributed by atoms with Crippen molar-refractivity contribution in [2.24, 2.45) is 0 Å². The summed E-state index contributed by atoms with van der Waals surface area (Å²) in [6.07, 6.45) is 7.52. The number of hydrogen-bond donors (Lipinski definition) is 1. The minimum Gasteiger partial charge on any atom is -0.493 e. The topological polar surface area (TPSA) is 60.5 Å². The van der Waals surface area contributed by atoms with Crippen molar-refractivity contribution in [3.8, 4) is 22.1 Å². The Morgan fingerprint density at radius 1 is 1.15 bits per heavy atom. The zero-order valence-electron chi connectivity index (χ0n) is 15.4. The molecule has 0 radical (unpaired) electrons. The van der Waals surface area contributed by atoms with Crippen molar-refractivity contribution in [2.45, 2.75) is 51.0 Å². The Kier molecular flexibility index (Phi) is 6.50. The maximum absolute atomic E-state index is 12.3. The molecular weight excluding hydrogens is 348 g/mol. The second kappa shape index (κ2) is 9.03. The number of nitrogens with one attached hydrogen (secondary N) is 1. The molecule has 1 saturated carbocycles. The molecule has 0 saturated heterocycles. The predicted octanol–water partition coefficient (Wildman–Crippen LogP) is 4.21. The Labute approximate surface area is 158 Å². The number of amides is 1. The Bertz CT molecular complexity index is 736. The number of thiazole rings is 1. The van der Waals surface area contributed by atoms with Crippen LogP contribution in [0.25, 0.3) is 10.6 Å². The fourth-order valence-corrected chi connectivity index (χ4v) is 4.17. The average molecular weight is 375 g/mol. The number of carbonyl (C=O) groups excluding carboxylic acids is 1. The van der Waals surface area contributed by atoms with Crippen LogP contribution in [0.3, 0.4) is 0 Å². The van der Waals surface area contributed by atoms with E-state index in [9.17, 15) is 4.79 Å². The molecule has 1 aliphatic rings. The van der Waals surface area contributed by atoms with Gasteiger partial charge in [-0.25, -0.2) is 4.98 Å². The van der Waals surface area contributed by atoms with Gasteiger partial charge < -0.3 is 14.8 Å². The van der Waals surface area contributed by atoms with Crippen LogP contribution in [0.5, 0.6) is 11.5 Å². The van der Waals surface area contributed by atoms with E-state index in [-0.39, 0.29) is 5.91 Å². The molecule has 0 spiro atoms. The van der Waals surface area contributed by atoms with Crippen LogP contribution in [0.1, 0.15) is 44.2 Å². The van der Waals surface area contributed by atoms with E-state index in [1.54, 1.807) is 14.2 Å². The van der Waals surface area contributed by atoms with Gasteiger partial charge in [-0.1, -0.05) is 25.7 Å². The van der Waals surface area contributed by atoms with Crippen LogP contribution in [0.4, 0.5) is 0 Å². The first-order valence-corrected chi connectivity index (χ1v) is 10.0. The van der Waals surface area contributed by atoms with Crippen molar-refractivity contribution in [3.05, 3.63) is 29.3 Å². The molecule has 1 N–H and O–H groups in total. The van der Waals surface area contributed by atoms with E-state index in [0.29, 0.717) is 24.0 Å². The maximum atomic E-state index is 12.3. The average Bonchev–Trinajstić information content (AvgIpc) is 2.96. The highest BCUT2D eigenvalue weighted by Gasteiger charge is 2.16. The molecule has 0 unspecified atom stereocenters. The quantitative estimate of drug-likeness (QED) is 0.770. The largest absolute Gasteiger partial charge is 0.493 e. The lowest BCUT2D eigenvalue weighted by atomic mass is 10.1. The fourth-order valence-electron chi connectivity index (χ4n) is 3.36. The zero-order valence-corrected chi connectivity index (χ0v) is 16.2. The van der Waals surface area contributed by atoms with Gasteiger partial charge in [0.15, 0.2) is 11.5 Å². The van der Waals surface area contributed by atoms with Gasteiger partial charge >= 0.3 is 0 Å². The summed E-state index contributed by atoms with van der Waals surface area (Å²) in [4.78, 5) is 17.0. The van der Waals surface area contributed by atoms with E-state index in [0.717, 1.165) is 29.1 Å². The lowest BCUT2D eigenvalue weighted by Gasteiger charge is -2.15. The van der Waals surface area contributed by atoms with Gasteiger partial charge in [-0.2, -0.15) is 0 Å². The molecule has 5 nitrogen and oxygen atoms in total. The van der Waals surface area contributed by atoms with Gasteiger partial charge in [0.05, 0.1) is 26.3 Å². The zero-order chi connectivity index (χ0) is 18.4. The molecule has 1 fully saturated rings. The first kappa shape index (κ1) is 18.7. The van der Waals surface area contributed by atoms with Crippen LogP contribution in [0, 0.1) is 0 Å². The Hall–Kier alpha value is -2.08. The summed E-state index contributed by atoms with van der Waals surface area (Å²) in [5.74, 6) is 1.43. The van der Waals surface area contributed by atoms with Crippen molar-refractivity contribution in [1.82, 2.24) is 10.3 Å². The molecule has 1 heterocycles. The molecule has 1 aliphatic carbocycles. The normalized spacial score (nSPS) is 15.3. The predicted molar refractivity (Wildman–Crippen MR) is 104 cm³/mol. The second-order valence-corrected chi connectivity index (χ2v) is 7.50. The Morgan fingerprint density at radius 2 is 1.88 bits per heavy atom. The fraction of sp³-hybridized carbons (Fsp3) is 0.500. The van der Waals surface area contributed by atoms with Crippen LogP contribution in [-0.4, -0.2) is 31.2 Å². The van der Waals surface area contributed by atoms with Crippen LogP contribution in [0.2, 0.25) is 0 Å². The summed E-state index contributed by atoms with van der Waals surface area (Å²) in [6, 6.07) is 6.06. The second-order valence-electron chi connectivity index (χ2n) is 6.65. The molecule has 2 aromatic rings. The maximum Gasteiger partial charge on any atom is 0.226 e. The summed E-state index contributed by atoms with van der Waals surface area (Å²) < 4.78 is 10.6. The number of aromatic nitrogens is 1. The minimum absolute atomic E-state index is 0.0704. The summed E-state index contributed by atoms with van der Waals surface area (Å²) in [7, 11) is 3.23. The number of ether oxygens (including phenoxy) is 2. The van der Waals surface area contributed by atoms with Gasteiger partial charge in [0.1, 0.15) is 5.01 Å². The van der Waals surface area contributed by atoms with Crippen molar-refractivity contribution in [1.29, 1.82) is 0 Å². The molecule has 0 aliphatic heterocycles. The van der Waals surface area contributed by atoms with Crippen LogP contribution in [-0.2, 0) is 11.2 Å². The van der Waals surface area contributed by atoms with Crippen molar-refractivity contribution in [2.75, 3.05) is 14.2 Å². The highest BCUT2D eigenvalue weighted by molar-refractivity contribution is 7.13. The van der Waals surface area contributed by atoms with Gasteiger partial charge in [-0.05, 0) is 31.0 Å². The molecular formula is C20H26N2O3S. The van der Waals surface area contributed by atoms with Crippen molar-refractivity contribution < 1.29 is 14.3 Å². The molecule has 26 heavy (non-hydrogen) atoms. The van der Waals surface area contributed by atoms with E-state index in [4.69, 9.17) is 9.47 Å². The van der Waals surface area contributed by atoms with Gasteiger partial charge in [0.25, 0.3) is 0 Å². The van der Waals surface area contributed by atoms with Crippen molar-refractivity contribution >= 4 is 17.2 Å². The number of nitrogens with zero attached hydrogens (tertiary/aromatic N) is 1.